The normalized spacial score (nSPS) is 11.8. The number of hydrogen-bond donors (Lipinski definition) is 1. The minimum atomic E-state index is -0.585. The second-order valence-corrected chi connectivity index (χ2v) is 8.75. The van der Waals surface area contributed by atoms with Gasteiger partial charge in [0.1, 0.15) is 11.8 Å². The highest BCUT2D eigenvalue weighted by Crippen LogP contribution is 2.28. The maximum atomic E-state index is 13.2. The Labute approximate surface area is 191 Å². The molecule has 30 heavy (non-hydrogen) atoms. The number of nitrogens with one attached hydrogen (secondary N) is 1. The summed E-state index contributed by atoms with van der Waals surface area (Å²) in [4.78, 5) is 27.5. The van der Waals surface area contributed by atoms with Crippen LogP contribution in [-0.2, 0) is 16.1 Å². The van der Waals surface area contributed by atoms with Crippen molar-refractivity contribution in [2.45, 2.75) is 52.7 Å². The van der Waals surface area contributed by atoms with Gasteiger partial charge in [0.15, 0.2) is 6.61 Å². The van der Waals surface area contributed by atoms with E-state index in [0.717, 1.165) is 11.1 Å². The molecular formula is C23H28BrClN2O3. The van der Waals surface area contributed by atoms with Gasteiger partial charge in [-0.2, -0.15) is 0 Å². The summed E-state index contributed by atoms with van der Waals surface area (Å²) in [5.41, 5.74) is 2.06. The molecule has 0 aromatic heterocycles. The monoisotopic (exact) mass is 494 g/mol. The third-order valence-corrected chi connectivity index (χ3v) is 5.35. The Bertz CT molecular complexity index is 889. The van der Waals surface area contributed by atoms with Gasteiger partial charge in [0.25, 0.3) is 5.91 Å². The van der Waals surface area contributed by atoms with Crippen molar-refractivity contribution in [3.05, 3.63) is 63.1 Å². The summed E-state index contributed by atoms with van der Waals surface area (Å²) >= 11 is 9.36. The van der Waals surface area contributed by atoms with Crippen LogP contribution in [0.5, 0.6) is 5.75 Å². The van der Waals surface area contributed by atoms with Crippen molar-refractivity contribution < 1.29 is 14.3 Å². The van der Waals surface area contributed by atoms with Crippen molar-refractivity contribution in [2.75, 3.05) is 6.61 Å². The lowest BCUT2D eigenvalue weighted by molar-refractivity contribution is -0.143. The lowest BCUT2D eigenvalue weighted by Gasteiger charge is -2.31. The Morgan fingerprint density at radius 1 is 1.20 bits per heavy atom. The van der Waals surface area contributed by atoms with E-state index in [-0.39, 0.29) is 24.5 Å². The van der Waals surface area contributed by atoms with Crippen LogP contribution in [0.1, 0.15) is 38.3 Å². The minimum absolute atomic E-state index is 0.0104. The molecule has 0 radical (unpaired) electrons. The van der Waals surface area contributed by atoms with Gasteiger partial charge in [-0.1, -0.05) is 48.4 Å². The summed E-state index contributed by atoms with van der Waals surface area (Å²) < 4.78 is 6.39. The number of nitrogens with zero attached hydrogens (tertiary/aromatic N) is 1. The maximum absolute atomic E-state index is 13.2. The molecule has 162 valence electrons. The quantitative estimate of drug-likeness (QED) is 0.525. The number of carbonyl (C=O) groups excluding carboxylic acids is 2. The number of halogens is 2. The van der Waals surface area contributed by atoms with E-state index < -0.39 is 6.04 Å². The highest BCUT2D eigenvalue weighted by Gasteiger charge is 2.29. The SMILES string of the molecule is CCC(C(=O)NC(C)C)N(Cc1cccc(C)c1)C(=O)COc1ccc(Cl)cc1Br. The molecule has 2 rings (SSSR count). The molecule has 0 saturated heterocycles. The van der Waals surface area contributed by atoms with Crippen LogP contribution in [0.2, 0.25) is 5.02 Å². The largest absolute Gasteiger partial charge is 0.483 e. The number of hydrogen-bond acceptors (Lipinski definition) is 3. The van der Waals surface area contributed by atoms with Crippen LogP contribution in [0, 0.1) is 6.92 Å². The second-order valence-electron chi connectivity index (χ2n) is 7.46. The number of rotatable bonds is 9. The van der Waals surface area contributed by atoms with Crippen LogP contribution in [0.3, 0.4) is 0 Å². The van der Waals surface area contributed by atoms with E-state index in [1.165, 1.54) is 0 Å². The molecular weight excluding hydrogens is 468 g/mol. The van der Waals surface area contributed by atoms with Crippen molar-refractivity contribution in [1.82, 2.24) is 10.2 Å². The second kappa shape index (κ2) is 11.4. The van der Waals surface area contributed by atoms with Crippen LogP contribution in [0.25, 0.3) is 0 Å². The smallest absolute Gasteiger partial charge is 0.261 e. The van der Waals surface area contributed by atoms with Crippen LogP contribution in [-0.4, -0.2) is 35.4 Å². The first kappa shape index (κ1) is 24.2. The van der Waals surface area contributed by atoms with Crippen molar-refractivity contribution in [3.8, 4) is 5.75 Å². The van der Waals surface area contributed by atoms with Gasteiger partial charge in [-0.15, -0.1) is 0 Å². The lowest BCUT2D eigenvalue weighted by Crippen LogP contribution is -2.51. The zero-order valence-corrected chi connectivity index (χ0v) is 20.1. The Morgan fingerprint density at radius 2 is 1.93 bits per heavy atom. The molecule has 7 heteroatoms. The first-order valence-electron chi connectivity index (χ1n) is 9.94. The zero-order chi connectivity index (χ0) is 22.3. The summed E-state index contributed by atoms with van der Waals surface area (Å²) in [6, 6.07) is 12.4. The molecule has 1 N–H and O–H groups in total. The molecule has 0 aliphatic heterocycles. The molecule has 2 aromatic rings. The Balaban J connectivity index is 2.23. The average Bonchev–Trinajstić information content (AvgIpc) is 2.66. The molecule has 0 aliphatic carbocycles. The summed E-state index contributed by atoms with van der Waals surface area (Å²) in [5, 5.41) is 3.49. The Kier molecular flexibility index (Phi) is 9.18. The van der Waals surface area contributed by atoms with E-state index in [2.05, 4.69) is 21.2 Å². The summed E-state index contributed by atoms with van der Waals surface area (Å²) in [7, 11) is 0. The van der Waals surface area contributed by atoms with Gasteiger partial charge >= 0.3 is 0 Å². The van der Waals surface area contributed by atoms with Gasteiger partial charge in [0, 0.05) is 17.6 Å². The maximum Gasteiger partial charge on any atom is 0.261 e. The van der Waals surface area contributed by atoms with E-state index in [1.54, 1.807) is 23.1 Å². The molecule has 2 aromatic carbocycles. The van der Waals surface area contributed by atoms with E-state index in [9.17, 15) is 9.59 Å². The molecule has 1 atom stereocenters. The molecule has 0 aliphatic rings. The molecule has 0 heterocycles. The van der Waals surface area contributed by atoms with Crippen LogP contribution < -0.4 is 10.1 Å². The molecule has 0 spiro atoms. The van der Waals surface area contributed by atoms with Crippen LogP contribution >= 0.6 is 27.5 Å². The fourth-order valence-electron chi connectivity index (χ4n) is 3.12. The zero-order valence-electron chi connectivity index (χ0n) is 17.7. The molecule has 0 bridgehead atoms. The number of aryl methyl sites for hydroxylation is 1. The van der Waals surface area contributed by atoms with Gasteiger partial charge in [-0.05, 0) is 66.9 Å². The highest BCUT2D eigenvalue weighted by molar-refractivity contribution is 9.10. The Hall–Kier alpha value is -2.05. The first-order chi connectivity index (χ1) is 14.2. The average molecular weight is 496 g/mol. The third kappa shape index (κ3) is 7.03. The fraction of sp³-hybridized carbons (Fsp3) is 0.391. The topological polar surface area (TPSA) is 58.6 Å². The van der Waals surface area contributed by atoms with E-state index in [4.69, 9.17) is 16.3 Å². The molecule has 0 fully saturated rings. The predicted molar refractivity (Wildman–Crippen MR) is 124 cm³/mol. The van der Waals surface area contributed by atoms with Crippen molar-refractivity contribution in [1.29, 1.82) is 0 Å². The van der Waals surface area contributed by atoms with Crippen molar-refractivity contribution in [3.63, 3.8) is 0 Å². The molecule has 2 amide bonds. The van der Waals surface area contributed by atoms with Crippen molar-refractivity contribution >= 4 is 39.3 Å². The fourth-order valence-corrected chi connectivity index (χ4v) is 3.92. The standard InChI is InChI=1S/C23H28BrClN2O3/c1-5-20(23(29)26-15(2)3)27(13-17-8-6-7-16(4)11-17)22(28)14-30-21-10-9-18(25)12-19(21)24/h6-12,15,20H,5,13-14H2,1-4H3,(H,26,29). The number of benzene rings is 2. The lowest BCUT2D eigenvalue weighted by atomic mass is 10.1. The number of amides is 2. The van der Waals surface area contributed by atoms with Gasteiger partial charge in [-0.3, -0.25) is 9.59 Å². The number of carbonyl (C=O) groups is 2. The van der Waals surface area contributed by atoms with Gasteiger partial charge < -0.3 is 15.0 Å². The summed E-state index contributed by atoms with van der Waals surface area (Å²) in [5.74, 6) is 0.0909. The van der Waals surface area contributed by atoms with E-state index in [1.807, 2.05) is 52.0 Å². The van der Waals surface area contributed by atoms with E-state index >= 15 is 0 Å². The number of ether oxygens (including phenoxy) is 1. The molecule has 1 unspecified atom stereocenters. The third-order valence-electron chi connectivity index (χ3n) is 4.50. The predicted octanol–water partition coefficient (Wildman–Crippen LogP) is 5.12. The van der Waals surface area contributed by atoms with Gasteiger partial charge in [0.05, 0.1) is 4.47 Å². The van der Waals surface area contributed by atoms with Crippen LogP contribution in [0.15, 0.2) is 46.9 Å². The summed E-state index contributed by atoms with van der Waals surface area (Å²) in [6.45, 7) is 7.85. The highest BCUT2D eigenvalue weighted by atomic mass is 79.9. The minimum Gasteiger partial charge on any atom is -0.483 e. The van der Waals surface area contributed by atoms with E-state index in [0.29, 0.717) is 28.2 Å². The molecule has 0 saturated carbocycles. The molecule has 5 nitrogen and oxygen atoms in total. The first-order valence-corrected chi connectivity index (χ1v) is 11.1. The Morgan fingerprint density at radius 3 is 2.53 bits per heavy atom. The van der Waals surface area contributed by atoms with Gasteiger partial charge in [-0.25, -0.2) is 0 Å². The summed E-state index contributed by atoms with van der Waals surface area (Å²) in [6.07, 6.45) is 0.501. The van der Waals surface area contributed by atoms with Gasteiger partial charge in [0.2, 0.25) is 5.91 Å². The van der Waals surface area contributed by atoms with Crippen molar-refractivity contribution in [2.24, 2.45) is 0 Å². The van der Waals surface area contributed by atoms with Crippen LogP contribution in [0.4, 0.5) is 0 Å².